The van der Waals surface area contributed by atoms with Gasteiger partial charge in [0.25, 0.3) is 0 Å². The molecular formula is C25H32N6O. The van der Waals surface area contributed by atoms with Gasteiger partial charge in [0.05, 0.1) is 17.6 Å². The predicted octanol–water partition coefficient (Wildman–Crippen LogP) is 3.62. The largest absolute Gasteiger partial charge is 0.357 e. The molecule has 1 fully saturated rings. The molecule has 2 N–H and O–H groups in total. The Hall–Kier alpha value is -3.35. The van der Waals surface area contributed by atoms with Gasteiger partial charge in [-0.3, -0.25) is 4.79 Å². The number of guanidine groups is 1. The van der Waals surface area contributed by atoms with Gasteiger partial charge < -0.3 is 20.1 Å². The molecule has 2 aromatic carbocycles. The van der Waals surface area contributed by atoms with E-state index in [1.54, 1.807) is 0 Å². The fourth-order valence-electron chi connectivity index (χ4n) is 4.14. The summed E-state index contributed by atoms with van der Waals surface area (Å²) in [6, 6.07) is 16.4. The number of carbonyl (C=O) groups is 1. The molecule has 7 nitrogen and oxygen atoms in total. The Bertz CT molecular complexity index is 1090. The van der Waals surface area contributed by atoms with Crippen molar-refractivity contribution in [1.82, 2.24) is 20.2 Å². The minimum absolute atomic E-state index is 0.216. The molecule has 0 spiro atoms. The quantitative estimate of drug-likeness (QED) is 0.324. The van der Waals surface area contributed by atoms with Gasteiger partial charge in [-0.05, 0) is 56.5 Å². The molecule has 1 aliphatic heterocycles. The second-order valence-electron chi connectivity index (χ2n) is 8.09. The highest BCUT2D eigenvalue weighted by Crippen LogP contribution is 2.21. The number of anilines is 1. The lowest BCUT2D eigenvalue weighted by atomic mass is 10.2. The number of hydrogen-bond donors (Lipinski definition) is 2. The maximum Gasteiger partial charge on any atom is 0.227 e. The van der Waals surface area contributed by atoms with Crippen LogP contribution in [0.15, 0.2) is 53.5 Å². The lowest BCUT2D eigenvalue weighted by molar-refractivity contribution is -0.117. The van der Waals surface area contributed by atoms with Gasteiger partial charge in [0, 0.05) is 38.3 Å². The van der Waals surface area contributed by atoms with Crippen LogP contribution in [0.25, 0.3) is 11.0 Å². The fraction of sp³-hybridized carbons (Fsp3) is 0.400. The van der Waals surface area contributed by atoms with Crippen LogP contribution in [0.4, 0.5) is 5.69 Å². The van der Waals surface area contributed by atoms with E-state index in [2.05, 4.69) is 64.4 Å². The fourth-order valence-corrected chi connectivity index (χ4v) is 4.14. The number of nitrogens with one attached hydrogen (secondary N) is 2. The summed E-state index contributed by atoms with van der Waals surface area (Å²) < 4.78 is 2.27. The molecular weight excluding hydrogens is 400 g/mol. The summed E-state index contributed by atoms with van der Waals surface area (Å²) in [6.45, 7) is 8.09. The highest BCUT2D eigenvalue weighted by molar-refractivity contribution is 5.95. The lowest BCUT2D eigenvalue weighted by Gasteiger charge is -2.16. The molecule has 7 heteroatoms. The first kappa shape index (κ1) is 21.9. The van der Waals surface area contributed by atoms with Gasteiger partial charge in [0.2, 0.25) is 5.91 Å². The number of benzene rings is 2. The van der Waals surface area contributed by atoms with Crippen LogP contribution in [0.1, 0.15) is 37.6 Å². The monoisotopic (exact) mass is 432 g/mol. The first-order valence-corrected chi connectivity index (χ1v) is 11.5. The SMILES string of the molecule is CCNC(=NCc1ccc(N2CCCC2=O)cc1)NCCCn1c(C)nc2ccccc21. The number of fused-ring (bicyclic) bond motifs is 1. The minimum Gasteiger partial charge on any atom is -0.357 e. The summed E-state index contributed by atoms with van der Waals surface area (Å²) in [5.41, 5.74) is 4.34. The van der Waals surface area contributed by atoms with E-state index in [4.69, 9.17) is 4.99 Å². The van der Waals surface area contributed by atoms with Crippen molar-refractivity contribution < 1.29 is 4.79 Å². The Morgan fingerprint density at radius 2 is 1.94 bits per heavy atom. The minimum atomic E-state index is 0.216. The summed E-state index contributed by atoms with van der Waals surface area (Å²) >= 11 is 0. The standard InChI is InChI=1S/C25H32N6O/c1-3-26-25(27-15-7-17-30-19(2)29-22-8-4-5-9-23(22)30)28-18-20-11-13-21(14-12-20)31-16-6-10-24(31)32/h4-5,8-9,11-14H,3,6-7,10,15-18H2,1-2H3,(H2,26,27,28). The van der Waals surface area contributed by atoms with Gasteiger partial charge >= 0.3 is 0 Å². The molecule has 2 heterocycles. The van der Waals surface area contributed by atoms with Crippen LogP contribution in [-0.4, -0.2) is 41.1 Å². The molecule has 0 atom stereocenters. The van der Waals surface area contributed by atoms with Crippen LogP contribution in [-0.2, 0) is 17.9 Å². The van der Waals surface area contributed by atoms with E-state index in [9.17, 15) is 4.79 Å². The Balaban J connectivity index is 1.30. The molecule has 1 aliphatic rings. The number of rotatable bonds is 8. The summed E-state index contributed by atoms with van der Waals surface area (Å²) in [7, 11) is 0. The third kappa shape index (κ3) is 5.10. The summed E-state index contributed by atoms with van der Waals surface area (Å²) in [4.78, 5) is 23.1. The van der Waals surface area contributed by atoms with Gasteiger partial charge in [0.1, 0.15) is 5.82 Å². The third-order valence-corrected chi connectivity index (χ3v) is 5.78. The third-order valence-electron chi connectivity index (χ3n) is 5.78. The molecule has 32 heavy (non-hydrogen) atoms. The molecule has 0 saturated carbocycles. The van der Waals surface area contributed by atoms with Gasteiger partial charge in [-0.2, -0.15) is 0 Å². The van der Waals surface area contributed by atoms with Crippen molar-refractivity contribution in [2.75, 3.05) is 24.5 Å². The number of hydrogen-bond acceptors (Lipinski definition) is 3. The van der Waals surface area contributed by atoms with Gasteiger partial charge in [0.15, 0.2) is 5.96 Å². The lowest BCUT2D eigenvalue weighted by Crippen LogP contribution is -2.38. The summed E-state index contributed by atoms with van der Waals surface area (Å²) in [5.74, 6) is 2.08. The van der Waals surface area contributed by atoms with Crippen molar-refractivity contribution in [3.63, 3.8) is 0 Å². The summed E-state index contributed by atoms with van der Waals surface area (Å²) in [6.07, 6.45) is 2.57. The van der Waals surface area contributed by atoms with Crippen molar-refractivity contribution in [3.05, 3.63) is 59.9 Å². The van der Waals surface area contributed by atoms with Crippen molar-refractivity contribution >= 4 is 28.6 Å². The Kier molecular flexibility index (Phi) is 7.04. The molecule has 0 aliphatic carbocycles. The molecule has 168 valence electrons. The maximum absolute atomic E-state index is 11.9. The van der Waals surface area contributed by atoms with E-state index in [-0.39, 0.29) is 5.91 Å². The van der Waals surface area contributed by atoms with Crippen molar-refractivity contribution in [3.8, 4) is 0 Å². The van der Waals surface area contributed by atoms with Gasteiger partial charge in [-0.1, -0.05) is 24.3 Å². The molecule has 3 aromatic rings. The van der Waals surface area contributed by atoms with Crippen LogP contribution in [0, 0.1) is 6.92 Å². The zero-order valence-electron chi connectivity index (χ0n) is 19.0. The zero-order valence-corrected chi connectivity index (χ0v) is 19.0. The van der Waals surface area contributed by atoms with Crippen LogP contribution >= 0.6 is 0 Å². The number of para-hydroxylation sites is 2. The van der Waals surface area contributed by atoms with Crippen LogP contribution in [0.5, 0.6) is 0 Å². The summed E-state index contributed by atoms with van der Waals surface area (Å²) in [5, 5.41) is 6.75. The van der Waals surface area contributed by atoms with Crippen LogP contribution < -0.4 is 15.5 Å². The van der Waals surface area contributed by atoms with E-state index in [0.29, 0.717) is 13.0 Å². The highest BCUT2D eigenvalue weighted by Gasteiger charge is 2.21. The zero-order chi connectivity index (χ0) is 22.3. The number of amides is 1. The second-order valence-corrected chi connectivity index (χ2v) is 8.09. The van der Waals surface area contributed by atoms with Crippen molar-refractivity contribution in [2.45, 2.75) is 46.2 Å². The van der Waals surface area contributed by atoms with E-state index in [1.807, 2.05) is 23.1 Å². The smallest absolute Gasteiger partial charge is 0.227 e. The van der Waals surface area contributed by atoms with Crippen molar-refractivity contribution in [2.24, 2.45) is 4.99 Å². The molecule has 0 bridgehead atoms. The number of aryl methyl sites for hydroxylation is 2. The second kappa shape index (κ2) is 10.3. The molecule has 0 radical (unpaired) electrons. The number of aromatic nitrogens is 2. The van der Waals surface area contributed by atoms with Crippen LogP contribution in [0.3, 0.4) is 0 Å². The van der Waals surface area contributed by atoms with Crippen LogP contribution in [0.2, 0.25) is 0 Å². The maximum atomic E-state index is 11.9. The molecule has 1 amide bonds. The average molecular weight is 433 g/mol. The van der Waals surface area contributed by atoms with Gasteiger partial charge in [-0.25, -0.2) is 9.98 Å². The average Bonchev–Trinajstić information content (AvgIpc) is 3.37. The van der Waals surface area contributed by atoms with Gasteiger partial charge in [-0.15, -0.1) is 0 Å². The molecule has 1 saturated heterocycles. The van der Waals surface area contributed by atoms with E-state index in [1.165, 1.54) is 5.52 Å². The topological polar surface area (TPSA) is 74.6 Å². The molecule has 1 aromatic heterocycles. The van der Waals surface area contributed by atoms with E-state index in [0.717, 1.165) is 67.6 Å². The normalized spacial score (nSPS) is 14.4. The van der Waals surface area contributed by atoms with Crippen molar-refractivity contribution in [1.29, 1.82) is 0 Å². The number of carbonyl (C=O) groups excluding carboxylic acids is 1. The number of aliphatic imine (C=N–C) groups is 1. The van der Waals surface area contributed by atoms with E-state index < -0.39 is 0 Å². The Morgan fingerprint density at radius 1 is 1.12 bits per heavy atom. The highest BCUT2D eigenvalue weighted by atomic mass is 16.2. The Morgan fingerprint density at radius 3 is 2.69 bits per heavy atom. The Labute approximate surface area is 189 Å². The first-order chi connectivity index (χ1) is 15.7. The first-order valence-electron chi connectivity index (χ1n) is 11.5. The predicted molar refractivity (Wildman–Crippen MR) is 130 cm³/mol. The number of imidazole rings is 1. The number of nitrogens with zero attached hydrogens (tertiary/aromatic N) is 4. The molecule has 4 rings (SSSR count). The molecule has 0 unspecified atom stereocenters. The van der Waals surface area contributed by atoms with E-state index >= 15 is 0 Å².